The quantitative estimate of drug-likeness (QED) is 0.878. The van der Waals surface area contributed by atoms with E-state index < -0.39 is 0 Å². The largest absolute Gasteiger partial charge is 0.494 e. The number of rotatable bonds is 3. The zero-order valence-electron chi connectivity index (χ0n) is 10.1. The fraction of sp³-hybridized carbons (Fsp3) is 0.214. The number of hydrogen-bond donors (Lipinski definition) is 1. The van der Waals surface area contributed by atoms with Crippen LogP contribution in [-0.4, -0.2) is 12.1 Å². The first-order valence-electron chi connectivity index (χ1n) is 5.57. The normalized spacial score (nSPS) is 12.2. The molecule has 1 heterocycles. The highest BCUT2D eigenvalue weighted by atomic mass is 16.5. The summed E-state index contributed by atoms with van der Waals surface area (Å²) >= 11 is 0. The molecule has 0 spiro atoms. The maximum absolute atomic E-state index is 5.82. The Bertz CT molecular complexity index is 492. The van der Waals surface area contributed by atoms with Crippen molar-refractivity contribution in [2.45, 2.75) is 13.0 Å². The maximum atomic E-state index is 5.82. The molecule has 2 N–H and O–H groups in total. The molecule has 3 heteroatoms. The second-order valence-electron chi connectivity index (χ2n) is 3.96. The summed E-state index contributed by atoms with van der Waals surface area (Å²) in [7, 11) is 1.65. The van der Waals surface area contributed by atoms with Crippen LogP contribution in [0.1, 0.15) is 18.5 Å². The maximum Gasteiger partial charge on any atom is 0.145 e. The summed E-state index contributed by atoms with van der Waals surface area (Å²) in [5.74, 6) is 0.779. The molecule has 0 bridgehead atoms. The van der Waals surface area contributed by atoms with Crippen LogP contribution in [-0.2, 0) is 0 Å². The molecule has 0 radical (unpaired) electrons. The number of aromatic nitrogens is 1. The van der Waals surface area contributed by atoms with Crippen molar-refractivity contribution in [2.24, 2.45) is 5.73 Å². The van der Waals surface area contributed by atoms with E-state index in [9.17, 15) is 0 Å². The molecule has 2 rings (SSSR count). The Kier molecular flexibility index (Phi) is 3.40. The summed E-state index contributed by atoms with van der Waals surface area (Å²) in [6.45, 7) is 1.97. The minimum Gasteiger partial charge on any atom is -0.494 e. The highest BCUT2D eigenvalue weighted by molar-refractivity contribution is 5.66. The van der Waals surface area contributed by atoms with Crippen LogP contribution in [0.5, 0.6) is 5.75 Å². The Balaban J connectivity index is 2.40. The number of benzene rings is 1. The predicted octanol–water partition coefficient (Wildman–Crippen LogP) is 2.78. The lowest BCUT2D eigenvalue weighted by Crippen LogP contribution is -2.04. The van der Waals surface area contributed by atoms with Crippen molar-refractivity contribution in [3.63, 3.8) is 0 Å². The molecule has 0 fully saturated rings. The molecule has 1 aromatic heterocycles. The molecule has 2 aromatic rings. The SMILES string of the molecule is COc1cccnc1-c1ccc(C(C)N)cc1. The topological polar surface area (TPSA) is 48.1 Å². The van der Waals surface area contributed by atoms with Crippen molar-refractivity contribution in [1.29, 1.82) is 0 Å². The molecule has 1 atom stereocenters. The van der Waals surface area contributed by atoms with Gasteiger partial charge in [-0.2, -0.15) is 0 Å². The average Bonchev–Trinajstić information content (AvgIpc) is 2.39. The summed E-state index contributed by atoms with van der Waals surface area (Å²) in [6, 6.07) is 11.9. The van der Waals surface area contributed by atoms with Gasteiger partial charge in [0.2, 0.25) is 0 Å². The number of nitrogens with two attached hydrogens (primary N) is 1. The third-order valence-electron chi connectivity index (χ3n) is 2.70. The van der Waals surface area contributed by atoms with Gasteiger partial charge < -0.3 is 10.5 Å². The lowest BCUT2D eigenvalue weighted by Gasteiger charge is -2.09. The Hall–Kier alpha value is -1.87. The number of ether oxygens (including phenoxy) is 1. The number of hydrogen-bond acceptors (Lipinski definition) is 3. The van der Waals surface area contributed by atoms with Crippen LogP contribution in [0.3, 0.4) is 0 Å². The number of methoxy groups -OCH3 is 1. The van der Waals surface area contributed by atoms with Crippen LogP contribution in [0.2, 0.25) is 0 Å². The van der Waals surface area contributed by atoms with Crippen LogP contribution in [0.25, 0.3) is 11.3 Å². The second-order valence-corrected chi connectivity index (χ2v) is 3.96. The highest BCUT2D eigenvalue weighted by Crippen LogP contribution is 2.27. The standard InChI is InChI=1S/C14H16N2O/c1-10(15)11-5-7-12(8-6-11)14-13(17-2)4-3-9-16-14/h3-10H,15H2,1-2H3. The van der Waals surface area contributed by atoms with Gasteiger partial charge in [0.05, 0.1) is 7.11 Å². The Morgan fingerprint density at radius 1 is 1.18 bits per heavy atom. The molecule has 1 unspecified atom stereocenters. The first-order chi connectivity index (χ1) is 8.22. The third kappa shape index (κ3) is 2.45. The van der Waals surface area contributed by atoms with Gasteiger partial charge in [-0.25, -0.2) is 0 Å². The van der Waals surface area contributed by atoms with Gasteiger partial charge in [-0.1, -0.05) is 24.3 Å². The third-order valence-corrected chi connectivity index (χ3v) is 2.70. The zero-order valence-corrected chi connectivity index (χ0v) is 10.1. The van der Waals surface area contributed by atoms with Crippen LogP contribution in [0.4, 0.5) is 0 Å². The number of pyridine rings is 1. The molecule has 0 aliphatic carbocycles. The van der Waals surface area contributed by atoms with Gasteiger partial charge in [0.15, 0.2) is 0 Å². The molecule has 3 nitrogen and oxygen atoms in total. The van der Waals surface area contributed by atoms with E-state index in [0.29, 0.717) is 0 Å². The molecule has 88 valence electrons. The van der Waals surface area contributed by atoms with E-state index >= 15 is 0 Å². The highest BCUT2D eigenvalue weighted by Gasteiger charge is 2.06. The molecular weight excluding hydrogens is 212 g/mol. The van der Waals surface area contributed by atoms with Gasteiger partial charge in [-0.05, 0) is 24.6 Å². The Labute approximate surface area is 101 Å². The summed E-state index contributed by atoms with van der Waals surface area (Å²) in [5.41, 5.74) is 8.82. The lowest BCUT2D eigenvalue weighted by atomic mass is 10.0. The van der Waals surface area contributed by atoms with Crippen molar-refractivity contribution in [1.82, 2.24) is 4.98 Å². The average molecular weight is 228 g/mol. The van der Waals surface area contributed by atoms with Crippen LogP contribution < -0.4 is 10.5 Å². The van der Waals surface area contributed by atoms with Crippen molar-refractivity contribution in [2.75, 3.05) is 7.11 Å². The van der Waals surface area contributed by atoms with Crippen molar-refractivity contribution >= 4 is 0 Å². The minimum absolute atomic E-state index is 0.0506. The minimum atomic E-state index is 0.0506. The second kappa shape index (κ2) is 4.97. The van der Waals surface area contributed by atoms with Crippen molar-refractivity contribution in [3.05, 3.63) is 48.2 Å². The fourth-order valence-corrected chi connectivity index (χ4v) is 1.72. The first kappa shape index (κ1) is 11.6. The van der Waals surface area contributed by atoms with Gasteiger partial charge in [0.25, 0.3) is 0 Å². The molecule has 1 aromatic carbocycles. The predicted molar refractivity (Wildman–Crippen MR) is 68.8 cm³/mol. The van der Waals surface area contributed by atoms with E-state index in [1.54, 1.807) is 13.3 Å². The molecule has 0 aliphatic heterocycles. The smallest absolute Gasteiger partial charge is 0.145 e. The summed E-state index contributed by atoms with van der Waals surface area (Å²) in [6.07, 6.45) is 1.76. The summed E-state index contributed by atoms with van der Waals surface area (Å²) in [4.78, 5) is 4.34. The monoisotopic (exact) mass is 228 g/mol. The van der Waals surface area contributed by atoms with Gasteiger partial charge in [-0.15, -0.1) is 0 Å². The molecule has 17 heavy (non-hydrogen) atoms. The summed E-state index contributed by atoms with van der Waals surface area (Å²) < 4.78 is 5.29. The van der Waals surface area contributed by atoms with Gasteiger partial charge in [0.1, 0.15) is 11.4 Å². The van der Waals surface area contributed by atoms with Crippen LogP contribution in [0.15, 0.2) is 42.6 Å². The van der Waals surface area contributed by atoms with Crippen LogP contribution >= 0.6 is 0 Å². The van der Waals surface area contributed by atoms with E-state index in [-0.39, 0.29) is 6.04 Å². The fourth-order valence-electron chi connectivity index (χ4n) is 1.72. The molecule has 0 aliphatic rings. The molecule has 0 saturated heterocycles. The van der Waals surface area contributed by atoms with Crippen molar-refractivity contribution < 1.29 is 4.74 Å². The van der Waals surface area contributed by atoms with Gasteiger partial charge in [-0.3, -0.25) is 4.98 Å². The number of nitrogens with zero attached hydrogens (tertiary/aromatic N) is 1. The Morgan fingerprint density at radius 3 is 2.47 bits per heavy atom. The molecule has 0 amide bonds. The molecular formula is C14H16N2O. The van der Waals surface area contributed by atoms with Crippen molar-refractivity contribution in [3.8, 4) is 17.0 Å². The van der Waals surface area contributed by atoms with Crippen LogP contribution in [0, 0.1) is 0 Å². The van der Waals surface area contributed by atoms with E-state index in [1.165, 1.54) is 0 Å². The van der Waals surface area contributed by atoms with E-state index in [2.05, 4.69) is 4.98 Å². The van der Waals surface area contributed by atoms with Gasteiger partial charge in [0, 0.05) is 17.8 Å². The first-order valence-corrected chi connectivity index (χ1v) is 5.57. The summed E-state index contributed by atoms with van der Waals surface area (Å²) in [5, 5.41) is 0. The lowest BCUT2D eigenvalue weighted by molar-refractivity contribution is 0.415. The Morgan fingerprint density at radius 2 is 1.88 bits per heavy atom. The van der Waals surface area contributed by atoms with E-state index in [4.69, 9.17) is 10.5 Å². The van der Waals surface area contributed by atoms with E-state index in [1.807, 2.05) is 43.3 Å². The van der Waals surface area contributed by atoms with Gasteiger partial charge >= 0.3 is 0 Å². The van der Waals surface area contributed by atoms with E-state index in [0.717, 1.165) is 22.6 Å². The zero-order chi connectivity index (χ0) is 12.3. The molecule has 0 saturated carbocycles.